The highest BCUT2D eigenvalue weighted by atomic mass is 32.2. The van der Waals surface area contributed by atoms with Gasteiger partial charge in [0, 0.05) is 28.2 Å². The molecule has 0 saturated carbocycles. The van der Waals surface area contributed by atoms with Crippen molar-refractivity contribution in [1.29, 1.82) is 0 Å². The lowest BCUT2D eigenvalue weighted by Gasteiger charge is -2.09. The second kappa shape index (κ2) is 5.91. The van der Waals surface area contributed by atoms with Crippen LogP contribution in [-0.4, -0.2) is 14.1 Å². The molecule has 0 spiro atoms. The summed E-state index contributed by atoms with van der Waals surface area (Å²) in [6.07, 6.45) is 0. The first-order valence-corrected chi connectivity index (χ1v) is 8.09. The van der Waals surface area contributed by atoms with Crippen LogP contribution in [0.4, 0.5) is 0 Å². The van der Waals surface area contributed by atoms with Crippen LogP contribution in [0.15, 0.2) is 83.8 Å². The Hall–Kier alpha value is -2.56. The van der Waals surface area contributed by atoms with E-state index in [0.29, 0.717) is 0 Å². The smallest absolute Gasteiger partial charge is 0.145 e. The summed E-state index contributed by atoms with van der Waals surface area (Å²) in [5.41, 5.74) is 4.14. The molecule has 0 bridgehead atoms. The molecule has 4 rings (SSSR count). The van der Waals surface area contributed by atoms with Crippen LogP contribution in [0.5, 0.6) is 0 Å². The Kier molecular flexibility index (Phi) is 3.61. The van der Waals surface area contributed by atoms with Gasteiger partial charge in [-0.25, -0.2) is 4.98 Å². The number of imidazole rings is 1. The van der Waals surface area contributed by atoms with Crippen molar-refractivity contribution in [2.24, 2.45) is 0 Å². The van der Waals surface area contributed by atoms with Crippen LogP contribution >= 0.6 is 12.0 Å². The van der Waals surface area contributed by atoms with Gasteiger partial charge in [0.15, 0.2) is 0 Å². The van der Waals surface area contributed by atoms with Gasteiger partial charge in [0.25, 0.3) is 0 Å². The molecule has 112 valence electrons. The number of rotatable bonds is 3. The monoisotopic (exact) mass is 318 g/mol. The molecule has 0 saturated heterocycles. The number of aromatic nitrogens is 2. The van der Waals surface area contributed by atoms with Crippen molar-refractivity contribution in [3.8, 4) is 17.1 Å². The van der Waals surface area contributed by atoms with E-state index in [1.165, 1.54) is 0 Å². The summed E-state index contributed by atoms with van der Waals surface area (Å²) in [4.78, 5) is 5.62. The first-order chi connectivity index (χ1) is 11.4. The summed E-state index contributed by atoms with van der Waals surface area (Å²) < 4.78 is 11.3. The average Bonchev–Trinajstić information content (AvgIpc) is 3.02. The highest BCUT2D eigenvalue weighted by molar-refractivity contribution is 7.93. The molecular weight excluding hydrogens is 304 g/mol. The molecule has 0 radical (unpaired) electrons. The molecule has 1 heterocycles. The van der Waals surface area contributed by atoms with E-state index in [1.807, 2.05) is 60.7 Å². The number of fused-ring (bicyclic) bond motifs is 1. The topological polar surface area (TPSA) is 38.1 Å². The van der Waals surface area contributed by atoms with E-state index >= 15 is 0 Å². The maximum atomic E-state index is 9.14. The SMILES string of the molecule is OSc1ccc(-c2nc3ccccc3n2-c2ccccc2)cc1. The van der Waals surface area contributed by atoms with Gasteiger partial charge in [0.2, 0.25) is 0 Å². The van der Waals surface area contributed by atoms with Gasteiger partial charge in [0.1, 0.15) is 5.82 Å². The maximum Gasteiger partial charge on any atom is 0.145 e. The molecule has 3 aromatic carbocycles. The lowest BCUT2D eigenvalue weighted by Crippen LogP contribution is -1.97. The average molecular weight is 318 g/mol. The number of benzene rings is 3. The fraction of sp³-hybridized carbons (Fsp3) is 0. The maximum absolute atomic E-state index is 9.14. The van der Waals surface area contributed by atoms with Gasteiger partial charge in [-0.2, -0.15) is 0 Å². The molecule has 0 fully saturated rings. The van der Waals surface area contributed by atoms with Crippen molar-refractivity contribution in [3.63, 3.8) is 0 Å². The largest absolute Gasteiger partial charge is 0.325 e. The third kappa shape index (κ3) is 2.52. The molecule has 4 aromatic rings. The fourth-order valence-electron chi connectivity index (χ4n) is 2.72. The van der Waals surface area contributed by atoms with E-state index < -0.39 is 0 Å². The van der Waals surface area contributed by atoms with Gasteiger partial charge in [-0.15, -0.1) is 0 Å². The Labute approximate surface area is 138 Å². The lowest BCUT2D eigenvalue weighted by molar-refractivity contribution is 0.664. The molecule has 23 heavy (non-hydrogen) atoms. The van der Waals surface area contributed by atoms with Gasteiger partial charge in [0.05, 0.1) is 11.0 Å². The van der Waals surface area contributed by atoms with E-state index in [4.69, 9.17) is 9.54 Å². The zero-order chi connectivity index (χ0) is 15.6. The van der Waals surface area contributed by atoms with Crippen molar-refractivity contribution in [2.45, 2.75) is 4.90 Å². The minimum absolute atomic E-state index is 0.751. The van der Waals surface area contributed by atoms with E-state index in [-0.39, 0.29) is 0 Å². The first kappa shape index (κ1) is 14.1. The normalized spacial score (nSPS) is 11.0. The molecule has 1 N–H and O–H groups in total. The molecule has 0 aliphatic carbocycles. The summed E-state index contributed by atoms with van der Waals surface area (Å²) in [6, 6.07) is 26.1. The van der Waals surface area contributed by atoms with Crippen molar-refractivity contribution >= 4 is 23.1 Å². The van der Waals surface area contributed by atoms with Gasteiger partial charge < -0.3 is 4.55 Å². The van der Waals surface area contributed by atoms with E-state index in [1.54, 1.807) is 0 Å². The molecule has 0 unspecified atom stereocenters. The van der Waals surface area contributed by atoms with E-state index in [0.717, 1.165) is 45.0 Å². The third-order valence-electron chi connectivity index (χ3n) is 3.79. The summed E-state index contributed by atoms with van der Waals surface area (Å²) >= 11 is 0.751. The highest BCUT2D eigenvalue weighted by Crippen LogP contribution is 2.29. The first-order valence-electron chi connectivity index (χ1n) is 7.31. The Morgan fingerprint density at radius 3 is 2.22 bits per heavy atom. The fourth-order valence-corrected chi connectivity index (χ4v) is 2.98. The zero-order valence-electron chi connectivity index (χ0n) is 12.3. The summed E-state index contributed by atoms with van der Waals surface area (Å²) in [6.45, 7) is 0. The van der Waals surface area contributed by atoms with Gasteiger partial charge in [-0.05, 0) is 36.4 Å². The zero-order valence-corrected chi connectivity index (χ0v) is 13.1. The molecule has 3 nitrogen and oxygen atoms in total. The summed E-state index contributed by atoms with van der Waals surface area (Å²) in [7, 11) is 0. The molecule has 0 aliphatic rings. The molecule has 4 heteroatoms. The second-order valence-electron chi connectivity index (χ2n) is 5.21. The molecular formula is C19H14N2OS. The number of hydrogen-bond donors (Lipinski definition) is 1. The van der Waals surface area contributed by atoms with E-state index in [9.17, 15) is 0 Å². The Morgan fingerprint density at radius 1 is 0.783 bits per heavy atom. The van der Waals surface area contributed by atoms with Crippen molar-refractivity contribution < 1.29 is 4.55 Å². The van der Waals surface area contributed by atoms with Gasteiger partial charge >= 0.3 is 0 Å². The predicted molar refractivity (Wildman–Crippen MR) is 95.0 cm³/mol. The lowest BCUT2D eigenvalue weighted by atomic mass is 10.2. The van der Waals surface area contributed by atoms with Crippen LogP contribution in [0.25, 0.3) is 28.1 Å². The number of hydrogen-bond acceptors (Lipinski definition) is 3. The molecule has 1 aromatic heterocycles. The van der Waals surface area contributed by atoms with E-state index in [2.05, 4.69) is 22.8 Å². The van der Waals surface area contributed by atoms with Crippen LogP contribution in [-0.2, 0) is 0 Å². The van der Waals surface area contributed by atoms with Crippen molar-refractivity contribution in [3.05, 3.63) is 78.9 Å². The second-order valence-corrected chi connectivity index (χ2v) is 5.86. The van der Waals surface area contributed by atoms with Crippen LogP contribution in [0.1, 0.15) is 0 Å². The Bertz CT molecular complexity index is 946. The Morgan fingerprint density at radius 2 is 1.48 bits per heavy atom. The number of nitrogens with zero attached hydrogens (tertiary/aromatic N) is 2. The molecule has 0 aliphatic heterocycles. The van der Waals surface area contributed by atoms with Crippen molar-refractivity contribution in [2.75, 3.05) is 0 Å². The molecule has 0 amide bonds. The van der Waals surface area contributed by atoms with Crippen LogP contribution in [0, 0.1) is 0 Å². The minimum Gasteiger partial charge on any atom is -0.325 e. The van der Waals surface area contributed by atoms with Gasteiger partial charge in [-0.3, -0.25) is 4.57 Å². The minimum atomic E-state index is 0.751. The standard InChI is InChI=1S/C19H14N2OS/c22-23-16-12-10-14(11-13-16)19-20-17-8-4-5-9-18(17)21(19)15-6-2-1-3-7-15/h1-13,22H. The van der Waals surface area contributed by atoms with Gasteiger partial charge in [-0.1, -0.05) is 42.5 Å². The molecule has 0 atom stereocenters. The summed E-state index contributed by atoms with van der Waals surface area (Å²) in [5.74, 6) is 0.895. The quantitative estimate of drug-likeness (QED) is 0.524. The highest BCUT2D eigenvalue weighted by Gasteiger charge is 2.13. The van der Waals surface area contributed by atoms with Crippen LogP contribution < -0.4 is 0 Å². The summed E-state index contributed by atoms with van der Waals surface area (Å²) in [5, 5.41) is 0. The number of para-hydroxylation sites is 3. The Balaban J connectivity index is 1.98. The van der Waals surface area contributed by atoms with Crippen LogP contribution in [0.3, 0.4) is 0 Å². The third-order valence-corrected chi connectivity index (χ3v) is 4.28. The predicted octanol–water partition coefficient (Wildman–Crippen LogP) is 5.26. The van der Waals surface area contributed by atoms with Crippen LogP contribution in [0.2, 0.25) is 0 Å². The van der Waals surface area contributed by atoms with Crippen molar-refractivity contribution in [1.82, 2.24) is 9.55 Å².